The monoisotopic (exact) mass is 459 g/mol. The van der Waals surface area contributed by atoms with Gasteiger partial charge in [0.1, 0.15) is 5.01 Å². The smallest absolute Gasteiger partial charge is 0.262 e. The molecule has 0 fully saturated rings. The fourth-order valence-electron chi connectivity index (χ4n) is 3.05. The summed E-state index contributed by atoms with van der Waals surface area (Å²) in [7, 11) is 1.54. The Morgan fingerprint density at radius 2 is 1.67 bits per heavy atom. The van der Waals surface area contributed by atoms with Crippen LogP contribution in [0.25, 0.3) is 16.3 Å². The van der Waals surface area contributed by atoms with E-state index in [4.69, 9.17) is 9.47 Å². The molecule has 0 aliphatic carbocycles. The number of para-hydroxylation sites is 3. The number of rotatable bonds is 8. The van der Waals surface area contributed by atoms with Gasteiger partial charge in [-0.05, 0) is 48.5 Å². The van der Waals surface area contributed by atoms with E-state index in [2.05, 4.69) is 15.6 Å². The van der Waals surface area contributed by atoms with E-state index in [9.17, 15) is 9.59 Å². The van der Waals surface area contributed by atoms with Crippen LogP contribution in [-0.4, -0.2) is 30.5 Å². The maximum absolute atomic E-state index is 12.3. The topological polar surface area (TPSA) is 89.5 Å². The standard InChI is InChI=1S/C25H21N3O4S/c1-31-20-10-3-4-11-21(20)32-16-24(30)27-18-8-6-7-17(15-18)26-23(29)13-14-25-28-19-9-2-5-12-22(19)33-25/h2-15H,16H2,1H3,(H,26,29)(H,27,30)/b14-13+. The zero-order valence-electron chi connectivity index (χ0n) is 17.8. The minimum Gasteiger partial charge on any atom is -0.493 e. The number of benzene rings is 3. The van der Waals surface area contributed by atoms with E-state index >= 15 is 0 Å². The lowest BCUT2D eigenvalue weighted by atomic mass is 10.2. The van der Waals surface area contributed by atoms with E-state index in [-0.39, 0.29) is 18.4 Å². The van der Waals surface area contributed by atoms with Crippen molar-refractivity contribution in [2.45, 2.75) is 0 Å². The molecule has 0 unspecified atom stereocenters. The number of aromatic nitrogens is 1. The Bertz CT molecular complexity index is 1280. The number of nitrogens with zero attached hydrogens (tertiary/aromatic N) is 1. The van der Waals surface area contributed by atoms with Crippen molar-refractivity contribution in [3.63, 3.8) is 0 Å². The van der Waals surface area contributed by atoms with Crippen molar-refractivity contribution in [2.75, 3.05) is 24.4 Å². The van der Waals surface area contributed by atoms with Gasteiger partial charge in [-0.1, -0.05) is 30.3 Å². The molecule has 0 atom stereocenters. The number of ether oxygens (including phenoxy) is 2. The maximum Gasteiger partial charge on any atom is 0.262 e. The van der Waals surface area contributed by atoms with Crippen LogP contribution in [0, 0.1) is 0 Å². The molecule has 0 saturated heterocycles. The molecule has 0 bridgehead atoms. The molecule has 166 valence electrons. The van der Waals surface area contributed by atoms with E-state index < -0.39 is 0 Å². The number of methoxy groups -OCH3 is 1. The van der Waals surface area contributed by atoms with E-state index in [1.807, 2.05) is 30.3 Å². The Labute approximate surface area is 194 Å². The fraction of sp³-hybridized carbons (Fsp3) is 0.0800. The number of nitrogens with one attached hydrogen (secondary N) is 2. The molecule has 33 heavy (non-hydrogen) atoms. The zero-order chi connectivity index (χ0) is 23.0. The predicted octanol–water partition coefficient (Wildman–Crippen LogP) is 4.97. The fourth-order valence-corrected chi connectivity index (χ4v) is 3.92. The average Bonchev–Trinajstić information content (AvgIpc) is 3.25. The van der Waals surface area contributed by atoms with Crippen LogP contribution in [0.5, 0.6) is 11.5 Å². The highest BCUT2D eigenvalue weighted by Crippen LogP contribution is 2.26. The van der Waals surface area contributed by atoms with Crippen molar-refractivity contribution in [3.05, 3.63) is 83.9 Å². The molecular formula is C25H21N3O4S. The molecule has 0 radical (unpaired) electrons. The first-order valence-electron chi connectivity index (χ1n) is 10.1. The molecule has 0 aliphatic heterocycles. The Morgan fingerprint density at radius 1 is 0.939 bits per heavy atom. The second kappa shape index (κ2) is 10.4. The summed E-state index contributed by atoms with van der Waals surface area (Å²) in [6.45, 7) is -0.179. The number of anilines is 2. The third-order valence-electron chi connectivity index (χ3n) is 4.53. The quantitative estimate of drug-likeness (QED) is 0.363. The molecule has 8 heteroatoms. The first-order chi connectivity index (χ1) is 16.1. The van der Waals surface area contributed by atoms with Gasteiger partial charge in [-0.15, -0.1) is 11.3 Å². The molecule has 7 nitrogen and oxygen atoms in total. The number of amides is 2. The van der Waals surface area contributed by atoms with E-state index in [1.54, 1.807) is 48.5 Å². The van der Waals surface area contributed by atoms with Gasteiger partial charge in [0.2, 0.25) is 5.91 Å². The van der Waals surface area contributed by atoms with Crippen molar-refractivity contribution in [2.24, 2.45) is 0 Å². The van der Waals surface area contributed by atoms with Crippen LogP contribution in [0.4, 0.5) is 11.4 Å². The van der Waals surface area contributed by atoms with Gasteiger partial charge in [0, 0.05) is 17.5 Å². The lowest BCUT2D eigenvalue weighted by molar-refractivity contribution is -0.118. The Morgan fingerprint density at radius 3 is 2.45 bits per heavy atom. The largest absolute Gasteiger partial charge is 0.493 e. The normalized spacial score (nSPS) is 10.8. The molecule has 0 spiro atoms. The maximum atomic E-state index is 12.3. The molecule has 0 saturated carbocycles. The molecule has 4 rings (SSSR count). The summed E-state index contributed by atoms with van der Waals surface area (Å²) >= 11 is 1.51. The summed E-state index contributed by atoms with van der Waals surface area (Å²) in [6.07, 6.45) is 3.12. The van der Waals surface area contributed by atoms with E-state index in [0.29, 0.717) is 22.9 Å². The number of fused-ring (bicyclic) bond motifs is 1. The van der Waals surface area contributed by atoms with Crippen molar-refractivity contribution < 1.29 is 19.1 Å². The van der Waals surface area contributed by atoms with Crippen LogP contribution in [0.15, 0.2) is 78.9 Å². The molecule has 1 heterocycles. The molecule has 2 N–H and O–H groups in total. The first kappa shape index (κ1) is 22.0. The predicted molar refractivity (Wildman–Crippen MR) is 131 cm³/mol. The molecule has 1 aromatic heterocycles. The SMILES string of the molecule is COc1ccccc1OCC(=O)Nc1cccc(NC(=O)/C=C/c2nc3ccccc3s2)c1. The van der Waals surface area contributed by atoms with E-state index in [1.165, 1.54) is 24.5 Å². The van der Waals surface area contributed by atoms with Crippen molar-refractivity contribution in [1.29, 1.82) is 0 Å². The number of hydrogen-bond acceptors (Lipinski definition) is 6. The highest BCUT2D eigenvalue weighted by atomic mass is 32.1. The summed E-state index contributed by atoms with van der Waals surface area (Å²) in [5.74, 6) is 0.405. The van der Waals surface area contributed by atoms with Gasteiger partial charge < -0.3 is 20.1 Å². The van der Waals surface area contributed by atoms with Crippen LogP contribution in [0.3, 0.4) is 0 Å². The molecule has 4 aromatic rings. The van der Waals surface area contributed by atoms with Gasteiger partial charge in [-0.2, -0.15) is 0 Å². The Balaban J connectivity index is 1.32. The van der Waals surface area contributed by atoms with Crippen molar-refractivity contribution >= 4 is 50.8 Å². The molecule has 3 aromatic carbocycles. The molecular weight excluding hydrogens is 438 g/mol. The van der Waals surface area contributed by atoms with Crippen LogP contribution < -0.4 is 20.1 Å². The third kappa shape index (κ3) is 5.96. The van der Waals surface area contributed by atoms with Gasteiger partial charge >= 0.3 is 0 Å². The summed E-state index contributed by atoms with van der Waals surface area (Å²) in [4.78, 5) is 29.1. The number of carbonyl (C=O) groups excluding carboxylic acids is 2. The second-order valence-corrected chi connectivity index (χ2v) is 7.97. The highest BCUT2D eigenvalue weighted by Gasteiger charge is 2.08. The lowest BCUT2D eigenvalue weighted by Crippen LogP contribution is -2.20. The zero-order valence-corrected chi connectivity index (χ0v) is 18.6. The van der Waals surface area contributed by atoms with Crippen LogP contribution in [0.2, 0.25) is 0 Å². The van der Waals surface area contributed by atoms with Crippen LogP contribution in [-0.2, 0) is 9.59 Å². The third-order valence-corrected chi connectivity index (χ3v) is 5.53. The van der Waals surface area contributed by atoms with Gasteiger partial charge in [0.05, 0.1) is 17.3 Å². The Hall–Kier alpha value is -4.17. The summed E-state index contributed by atoms with van der Waals surface area (Å²) < 4.78 is 11.8. The van der Waals surface area contributed by atoms with Gasteiger partial charge in [-0.3, -0.25) is 9.59 Å². The van der Waals surface area contributed by atoms with Gasteiger partial charge in [0.25, 0.3) is 5.91 Å². The average molecular weight is 460 g/mol. The van der Waals surface area contributed by atoms with Crippen molar-refractivity contribution in [3.8, 4) is 11.5 Å². The van der Waals surface area contributed by atoms with Crippen molar-refractivity contribution in [1.82, 2.24) is 4.98 Å². The van der Waals surface area contributed by atoms with Gasteiger partial charge in [0.15, 0.2) is 18.1 Å². The lowest BCUT2D eigenvalue weighted by Gasteiger charge is -2.11. The summed E-state index contributed by atoms with van der Waals surface area (Å²) in [6, 6.07) is 21.8. The van der Waals surface area contributed by atoms with Gasteiger partial charge in [-0.25, -0.2) is 4.98 Å². The number of thiazole rings is 1. The van der Waals surface area contributed by atoms with E-state index in [0.717, 1.165) is 15.2 Å². The molecule has 0 aliphatic rings. The Kier molecular flexibility index (Phi) is 6.96. The summed E-state index contributed by atoms with van der Waals surface area (Å²) in [5.41, 5.74) is 2.00. The second-order valence-electron chi connectivity index (χ2n) is 6.91. The number of carbonyl (C=O) groups is 2. The first-order valence-corrected chi connectivity index (χ1v) is 10.9. The van der Waals surface area contributed by atoms with Crippen LogP contribution in [0.1, 0.15) is 5.01 Å². The summed E-state index contributed by atoms with van der Waals surface area (Å²) in [5, 5.41) is 6.29. The molecule has 2 amide bonds. The minimum absolute atomic E-state index is 0.179. The highest BCUT2D eigenvalue weighted by molar-refractivity contribution is 7.19. The van der Waals surface area contributed by atoms with Crippen LogP contribution >= 0.6 is 11.3 Å². The minimum atomic E-state index is -0.333. The number of hydrogen-bond donors (Lipinski definition) is 2.